The van der Waals surface area contributed by atoms with Crippen LogP contribution in [-0.4, -0.2) is 37.6 Å². The first-order valence-electron chi connectivity index (χ1n) is 7.39. The third kappa shape index (κ3) is 3.33. The Balaban J connectivity index is 1.37. The number of hydrogen-bond acceptors (Lipinski definition) is 8. The van der Waals surface area contributed by atoms with Crippen molar-refractivity contribution in [1.29, 1.82) is 0 Å². The smallest absolute Gasteiger partial charge is 0.287 e. The van der Waals surface area contributed by atoms with Crippen LogP contribution in [0.4, 0.5) is 0 Å². The first-order chi connectivity index (χ1) is 12.3. The van der Waals surface area contributed by atoms with E-state index in [2.05, 4.69) is 25.8 Å². The lowest BCUT2D eigenvalue weighted by molar-refractivity contribution is 0.0924. The number of furan rings is 1. The molecule has 25 heavy (non-hydrogen) atoms. The Kier molecular flexibility index (Phi) is 4.09. The van der Waals surface area contributed by atoms with Gasteiger partial charge in [0.15, 0.2) is 11.5 Å². The minimum absolute atomic E-state index is 0.270. The molecule has 1 amide bonds. The lowest BCUT2D eigenvalue weighted by atomic mass is 10.4. The second kappa shape index (κ2) is 6.69. The average Bonchev–Trinajstić information content (AvgIpc) is 3.42. The van der Waals surface area contributed by atoms with Gasteiger partial charge in [-0.05, 0) is 23.6 Å². The highest BCUT2D eigenvalue weighted by molar-refractivity contribution is 7.13. The maximum atomic E-state index is 11.8. The molecule has 0 bridgehead atoms. The SMILES string of the molecule is O=C(NCCn1cc(-c2nc(-c3cccs3)no2)nn1)c1ccco1. The Morgan fingerprint density at radius 3 is 3.08 bits per heavy atom. The number of carbonyl (C=O) groups is 1. The van der Waals surface area contributed by atoms with E-state index < -0.39 is 0 Å². The predicted molar refractivity (Wildman–Crippen MR) is 87.7 cm³/mol. The van der Waals surface area contributed by atoms with Crippen LogP contribution >= 0.6 is 11.3 Å². The molecule has 0 spiro atoms. The second-order valence-corrected chi connectivity index (χ2v) is 5.95. The zero-order chi connectivity index (χ0) is 17.1. The summed E-state index contributed by atoms with van der Waals surface area (Å²) < 4.78 is 11.8. The number of nitrogens with one attached hydrogen (secondary N) is 1. The second-order valence-electron chi connectivity index (χ2n) is 5.00. The summed E-state index contributed by atoms with van der Waals surface area (Å²) in [4.78, 5) is 17.0. The van der Waals surface area contributed by atoms with Crippen LogP contribution < -0.4 is 5.32 Å². The standard InChI is InChI=1S/C15H12N6O3S/c22-14(11-3-1-7-23-11)16-5-6-21-9-10(18-20-21)15-17-13(19-24-15)12-4-2-8-25-12/h1-4,7-9H,5-6H2,(H,16,22). The molecule has 10 heteroatoms. The molecule has 126 valence electrons. The molecule has 0 aliphatic rings. The number of carbonyl (C=O) groups excluding carboxylic acids is 1. The zero-order valence-electron chi connectivity index (χ0n) is 12.8. The van der Waals surface area contributed by atoms with Crippen LogP contribution in [0, 0.1) is 0 Å². The molecule has 0 atom stereocenters. The van der Waals surface area contributed by atoms with Crippen LogP contribution in [0.3, 0.4) is 0 Å². The molecule has 4 rings (SSSR count). The van der Waals surface area contributed by atoms with Crippen LogP contribution in [0.1, 0.15) is 10.6 Å². The molecule has 4 aromatic heterocycles. The number of rotatable bonds is 6. The molecule has 0 fully saturated rings. The van der Waals surface area contributed by atoms with Crippen molar-refractivity contribution in [2.75, 3.05) is 6.54 Å². The molecule has 0 unspecified atom stereocenters. The van der Waals surface area contributed by atoms with Crippen molar-refractivity contribution in [3.05, 3.63) is 47.9 Å². The number of thiophene rings is 1. The summed E-state index contributed by atoms with van der Waals surface area (Å²) in [6.07, 6.45) is 3.14. The lowest BCUT2D eigenvalue weighted by Crippen LogP contribution is -2.27. The van der Waals surface area contributed by atoms with E-state index in [0.29, 0.717) is 30.5 Å². The normalized spacial score (nSPS) is 10.9. The van der Waals surface area contributed by atoms with E-state index in [-0.39, 0.29) is 11.7 Å². The van der Waals surface area contributed by atoms with Crippen molar-refractivity contribution >= 4 is 17.2 Å². The minimum Gasteiger partial charge on any atom is -0.459 e. The van der Waals surface area contributed by atoms with Gasteiger partial charge in [-0.25, -0.2) is 4.68 Å². The summed E-state index contributed by atoms with van der Waals surface area (Å²) >= 11 is 1.53. The molecule has 0 radical (unpaired) electrons. The maximum absolute atomic E-state index is 11.8. The Morgan fingerprint density at radius 1 is 1.32 bits per heavy atom. The van der Waals surface area contributed by atoms with Gasteiger partial charge in [-0.15, -0.1) is 16.4 Å². The summed E-state index contributed by atoms with van der Waals surface area (Å²) in [5, 5.41) is 16.6. The molecule has 4 aromatic rings. The minimum atomic E-state index is -0.275. The summed E-state index contributed by atoms with van der Waals surface area (Å²) in [6.45, 7) is 0.831. The van der Waals surface area contributed by atoms with Crippen molar-refractivity contribution in [2.24, 2.45) is 0 Å². The molecule has 0 aliphatic heterocycles. The average molecular weight is 356 g/mol. The van der Waals surface area contributed by atoms with Crippen molar-refractivity contribution in [3.8, 4) is 22.3 Å². The summed E-state index contributed by atoms with van der Waals surface area (Å²) in [5.74, 6) is 0.814. The third-order valence-corrected chi connectivity index (χ3v) is 4.16. The van der Waals surface area contributed by atoms with Gasteiger partial charge in [0.2, 0.25) is 5.82 Å². The first-order valence-corrected chi connectivity index (χ1v) is 8.27. The zero-order valence-corrected chi connectivity index (χ0v) is 13.6. The van der Waals surface area contributed by atoms with Gasteiger partial charge in [-0.3, -0.25) is 4.79 Å². The largest absolute Gasteiger partial charge is 0.459 e. The third-order valence-electron chi connectivity index (χ3n) is 3.30. The number of aromatic nitrogens is 5. The Hall–Kier alpha value is -3.27. The number of hydrogen-bond donors (Lipinski definition) is 1. The maximum Gasteiger partial charge on any atom is 0.287 e. The van der Waals surface area contributed by atoms with Crippen LogP contribution in [0.2, 0.25) is 0 Å². The van der Waals surface area contributed by atoms with Crippen molar-refractivity contribution in [1.82, 2.24) is 30.5 Å². The number of nitrogens with zero attached hydrogens (tertiary/aromatic N) is 5. The van der Waals surface area contributed by atoms with Gasteiger partial charge in [-0.2, -0.15) is 4.98 Å². The Labute approximate surface area is 145 Å². The Morgan fingerprint density at radius 2 is 2.28 bits per heavy atom. The van der Waals surface area contributed by atoms with E-state index in [1.54, 1.807) is 23.0 Å². The molecule has 0 aliphatic carbocycles. The highest BCUT2D eigenvalue weighted by atomic mass is 32.1. The number of amides is 1. The van der Waals surface area contributed by atoms with E-state index in [0.717, 1.165) is 4.88 Å². The molecular weight excluding hydrogens is 344 g/mol. The fourth-order valence-corrected chi connectivity index (χ4v) is 2.77. The van der Waals surface area contributed by atoms with Crippen LogP contribution in [0.25, 0.3) is 22.3 Å². The van der Waals surface area contributed by atoms with Crippen molar-refractivity contribution in [2.45, 2.75) is 6.54 Å². The quantitative estimate of drug-likeness (QED) is 0.563. The fourth-order valence-electron chi connectivity index (χ4n) is 2.12. The first kappa shape index (κ1) is 15.3. The molecular formula is C15H12N6O3S. The van der Waals surface area contributed by atoms with Gasteiger partial charge in [0.05, 0.1) is 23.9 Å². The summed E-state index contributed by atoms with van der Waals surface area (Å²) in [7, 11) is 0. The van der Waals surface area contributed by atoms with E-state index in [1.807, 2.05) is 17.5 Å². The summed E-state index contributed by atoms with van der Waals surface area (Å²) in [5.41, 5.74) is 0.479. The van der Waals surface area contributed by atoms with Gasteiger partial charge in [0.25, 0.3) is 11.8 Å². The lowest BCUT2D eigenvalue weighted by Gasteiger charge is -2.02. The van der Waals surface area contributed by atoms with E-state index in [4.69, 9.17) is 8.94 Å². The van der Waals surface area contributed by atoms with Crippen molar-refractivity contribution in [3.63, 3.8) is 0 Å². The highest BCUT2D eigenvalue weighted by Crippen LogP contribution is 2.24. The monoisotopic (exact) mass is 356 g/mol. The Bertz CT molecular complexity index is 957. The van der Waals surface area contributed by atoms with Crippen LogP contribution in [-0.2, 0) is 6.54 Å². The molecule has 0 aromatic carbocycles. The van der Waals surface area contributed by atoms with Gasteiger partial charge < -0.3 is 14.3 Å². The summed E-state index contributed by atoms with van der Waals surface area (Å²) in [6, 6.07) is 7.10. The van der Waals surface area contributed by atoms with Gasteiger partial charge >= 0.3 is 0 Å². The molecule has 9 nitrogen and oxygen atoms in total. The molecule has 0 saturated heterocycles. The molecule has 4 heterocycles. The topological polar surface area (TPSA) is 112 Å². The fraction of sp³-hybridized carbons (Fsp3) is 0.133. The van der Waals surface area contributed by atoms with E-state index in [1.165, 1.54) is 17.6 Å². The van der Waals surface area contributed by atoms with Crippen molar-refractivity contribution < 1.29 is 13.7 Å². The van der Waals surface area contributed by atoms with Gasteiger partial charge in [0, 0.05) is 6.54 Å². The highest BCUT2D eigenvalue weighted by Gasteiger charge is 2.14. The van der Waals surface area contributed by atoms with E-state index in [9.17, 15) is 4.79 Å². The van der Waals surface area contributed by atoms with Crippen LogP contribution in [0.15, 0.2) is 51.0 Å². The molecule has 0 saturated carbocycles. The van der Waals surface area contributed by atoms with Crippen LogP contribution in [0.5, 0.6) is 0 Å². The van der Waals surface area contributed by atoms with E-state index >= 15 is 0 Å². The van der Waals surface area contributed by atoms with Gasteiger partial charge in [0.1, 0.15) is 0 Å². The predicted octanol–water partition coefficient (Wildman–Crippen LogP) is 2.08. The van der Waals surface area contributed by atoms with Gasteiger partial charge in [-0.1, -0.05) is 16.4 Å². The molecule has 1 N–H and O–H groups in total.